The summed E-state index contributed by atoms with van der Waals surface area (Å²) in [4.78, 5) is 23.2. The Morgan fingerprint density at radius 1 is 1.39 bits per heavy atom. The molecule has 6 heteroatoms. The molecule has 0 bridgehead atoms. The molecule has 1 aromatic heterocycles. The number of carbonyl (C=O) groups is 2. The molecule has 1 aromatic carbocycles. The molecule has 1 amide bonds. The van der Waals surface area contributed by atoms with E-state index in [1.54, 1.807) is 25.1 Å². The highest BCUT2D eigenvalue weighted by Crippen LogP contribution is 2.23. The van der Waals surface area contributed by atoms with E-state index in [-0.39, 0.29) is 12.3 Å². The van der Waals surface area contributed by atoms with Gasteiger partial charge in [0.1, 0.15) is 5.69 Å². The molecule has 0 aliphatic heterocycles. The number of hydrogen-bond acceptors (Lipinski definition) is 3. The van der Waals surface area contributed by atoms with E-state index in [0.29, 0.717) is 15.9 Å². The molecular formula is C12H11ClN2O3. The van der Waals surface area contributed by atoms with Crippen LogP contribution in [-0.4, -0.2) is 23.2 Å². The van der Waals surface area contributed by atoms with Crippen LogP contribution in [0.3, 0.4) is 0 Å². The van der Waals surface area contributed by atoms with Gasteiger partial charge in [0.15, 0.2) is 0 Å². The van der Waals surface area contributed by atoms with Crippen LogP contribution in [0.5, 0.6) is 0 Å². The topological polar surface area (TPSA) is 74.3 Å². The normalized spacial score (nSPS) is 10.6. The van der Waals surface area contributed by atoms with Gasteiger partial charge >= 0.3 is 12.0 Å². The van der Waals surface area contributed by atoms with Crippen molar-refractivity contribution in [2.45, 2.75) is 6.92 Å². The molecule has 2 rings (SSSR count). The number of esters is 1. The number of halogens is 1. The van der Waals surface area contributed by atoms with Gasteiger partial charge in [-0.05, 0) is 31.2 Å². The zero-order valence-corrected chi connectivity index (χ0v) is 10.4. The SMILES string of the molecule is CCOC(=O)c1cc2cc(Cl)ccc2n1C(N)=O. The van der Waals surface area contributed by atoms with Gasteiger partial charge in [-0.2, -0.15) is 0 Å². The van der Waals surface area contributed by atoms with E-state index in [2.05, 4.69) is 0 Å². The van der Waals surface area contributed by atoms with Gasteiger partial charge in [0.05, 0.1) is 12.1 Å². The monoisotopic (exact) mass is 266 g/mol. The Kier molecular flexibility index (Phi) is 3.25. The van der Waals surface area contributed by atoms with Crippen molar-refractivity contribution in [1.82, 2.24) is 4.57 Å². The standard InChI is InChI=1S/C12H11ClN2O3/c1-2-18-11(16)10-6-7-5-8(13)3-4-9(7)15(10)12(14)17/h3-6H,2H2,1H3,(H2,14,17). The Hall–Kier alpha value is -2.01. The molecule has 18 heavy (non-hydrogen) atoms. The van der Waals surface area contributed by atoms with Crippen LogP contribution in [0.15, 0.2) is 24.3 Å². The van der Waals surface area contributed by atoms with Gasteiger partial charge in [-0.3, -0.25) is 4.57 Å². The molecular weight excluding hydrogens is 256 g/mol. The molecule has 0 unspecified atom stereocenters. The number of rotatable bonds is 2. The van der Waals surface area contributed by atoms with Gasteiger partial charge < -0.3 is 10.5 Å². The van der Waals surface area contributed by atoms with Crippen molar-refractivity contribution in [3.05, 3.63) is 35.0 Å². The Morgan fingerprint density at radius 3 is 2.72 bits per heavy atom. The summed E-state index contributed by atoms with van der Waals surface area (Å²) in [6.45, 7) is 1.91. The summed E-state index contributed by atoms with van der Waals surface area (Å²) in [5.74, 6) is -0.594. The molecule has 0 saturated carbocycles. The highest BCUT2D eigenvalue weighted by Gasteiger charge is 2.19. The number of nitrogens with two attached hydrogens (primary N) is 1. The average Bonchev–Trinajstić information content (AvgIpc) is 2.67. The first-order valence-electron chi connectivity index (χ1n) is 5.32. The van der Waals surface area contributed by atoms with Crippen LogP contribution < -0.4 is 5.73 Å². The summed E-state index contributed by atoms with van der Waals surface area (Å²) in [5.41, 5.74) is 5.90. The first-order valence-corrected chi connectivity index (χ1v) is 5.70. The van der Waals surface area contributed by atoms with Gasteiger partial charge in [-0.15, -0.1) is 0 Å². The van der Waals surface area contributed by atoms with Crippen LogP contribution in [-0.2, 0) is 4.74 Å². The van der Waals surface area contributed by atoms with Crippen LogP contribution in [0, 0.1) is 0 Å². The zero-order valence-electron chi connectivity index (χ0n) is 9.64. The Morgan fingerprint density at radius 2 is 2.11 bits per heavy atom. The molecule has 0 atom stereocenters. The number of amides is 1. The maximum atomic E-state index is 11.7. The minimum atomic E-state index is -0.740. The largest absolute Gasteiger partial charge is 0.461 e. The molecule has 2 N–H and O–H groups in total. The lowest BCUT2D eigenvalue weighted by Gasteiger charge is -2.05. The number of hydrogen-bond donors (Lipinski definition) is 1. The van der Waals surface area contributed by atoms with Gasteiger partial charge in [-0.25, -0.2) is 9.59 Å². The van der Waals surface area contributed by atoms with Crippen molar-refractivity contribution < 1.29 is 14.3 Å². The summed E-state index contributed by atoms with van der Waals surface area (Å²) < 4.78 is 5.99. The summed E-state index contributed by atoms with van der Waals surface area (Å²) in [6, 6.07) is 5.70. The number of benzene rings is 1. The second-order valence-electron chi connectivity index (χ2n) is 3.63. The van der Waals surface area contributed by atoms with Crippen molar-refractivity contribution in [2.75, 3.05) is 6.61 Å². The highest BCUT2D eigenvalue weighted by atomic mass is 35.5. The van der Waals surface area contributed by atoms with E-state index in [1.165, 1.54) is 6.07 Å². The maximum absolute atomic E-state index is 11.7. The molecule has 0 saturated heterocycles. The lowest BCUT2D eigenvalue weighted by atomic mass is 10.2. The molecule has 2 aromatic rings. The van der Waals surface area contributed by atoms with Crippen LogP contribution in [0.2, 0.25) is 5.02 Å². The fourth-order valence-electron chi connectivity index (χ4n) is 1.78. The summed E-state index contributed by atoms with van der Waals surface area (Å²) in [5, 5.41) is 1.17. The Labute approximate surface area is 108 Å². The van der Waals surface area contributed by atoms with Crippen molar-refractivity contribution >= 4 is 34.5 Å². The van der Waals surface area contributed by atoms with Crippen LogP contribution in [0.4, 0.5) is 4.79 Å². The van der Waals surface area contributed by atoms with Crippen molar-refractivity contribution in [2.24, 2.45) is 5.73 Å². The fraction of sp³-hybridized carbons (Fsp3) is 0.167. The molecule has 0 spiro atoms. The molecule has 0 fully saturated rings. The first-order chi connectivity index (χ1) is 8.54. The smallest absolute Gasteiger partial charge is 0.355 e. The van der Waals surface area contributed by atoms with Crippen LogP contribution >= 0.6 is 11.6 Å². The third-order valence-corrected chi connectivity index (χ3v) is 2.70. The number of ether oxygens (including phenoxy) is 1. The summed E-state index contributed by atoms with van der Waals surface area (Å²) in [6.07, 6.45) is 0. The molecule has 94 valence electrons. The first kappa shape index (κ1) is 12.4. The van der Waals surface area contributed by atoms with Crippen molar-refractivity contribution in [3.8, 4) is 0 Å². The average molecular weight is 267 g/mol. The molecule has 0 aliphatic carbocycles. The van der Waals surface area contributed by atoms with E-state index in [1.807, 2.05) is 0 Å². The highest BCUT2D eigenvalue weighted by molar-refractivity contribution is 6.31. The number of nitrogens with zero attached hydrogens (tertiary/aromatic N) is 1. The number of aromatic nitrogens is 1. The Balaban J connectivity index is 2.68. The van der Waals surface area contributed by atoms with Crippen LogP contribution in [0.1, 0.15) is 17.4 Å². The fourth-order valence-corrected chi connectivity index (χ4v) is 1.96. The number of carbonyl (C=O) groups excluding carboxylic acids is 2. The minimum absolute atomic E-state index is 0.0987. The summed E-state index contributed by atoms with van der Waals surface area (Å²) in [7, 11) is 0. The quantitative estimate of drug-likeness (QED) is 0.848. The van der Waals surface area contributed by atoms with E-state index >= 15 is 0 Å². The van der Waals surface area contributed by atoms with Gasteiger partial charge in [0, 0.05) is 10.4 Å². The maximum Gasteiger partial charge on any atom is 0.355 e. The third kappa shape index (κ3) is 2.04. The molecule has 0 aliphatic rings. The van der Waals surface area contributed by atoms with Gasteiger partial charge in [0.2, 0.25) is 0 Å². The predicted octanol–water partition coefficient (Wildman–Crippen LogP) is 2.40. The number of primary amides is 1. The molecule has 1 heterocycles. The van der Waals surface area contributed by atoms with E-state index in [9.17, 15) is 9.59 Å². The zero-order chi connectivity index (χ0) is 13.3. The lowest BCUT2D eigenvalue weighted by molar-refractivity contribution is 0.0516. The second kappa shape index (κ2) is 4.70. The minimum Gasteiger partial charge on any atom is -0.461 e. The molecule has 5 nitrogen and oxygen atoms in total. The predicted molar refractivity (Wildman–Crippen MR) is 67.9 cm³/mol. The Bertz CT molecular complexity index is 634. The van der Waals surface area contributed by atoms with E-state index in [0.717, 1.165) is 4.57 Å². The van der Waals surface area contributed by atoms with E-state index in [4.69, 9.17) is 22.1 Å². The van der Waals surface area contributed by atoms with E-state index < -0.39 is 12.0 Å². The van der Waals surface area contributed by atoms with Gasteiger partial charge in [0.25, 0.3) is 0 Å². The number of fused-ring (bicyclic) bond motifs is 1. The molecule has 0 radical (unpaired) electrons. The second-order valence-corrected chi connectivity index (χ2v) is 4.06. The third-order valence-electron chi connectivity index (χ3n) is 2.47. The van der Waals surface area contributed by atoms with Crippen molar-refractivity contribution in [3.63, 3.8) is 0 Å². The van der Waals surface area contributed by atoms with Gasteiger partial charge in [-0.1, -0.05) is 11.6 Å². The van der Waals surface area contributed by atoms with Crippen molar-refractivity contribution in [1.29, 1.82) is 0 Å². The lowest BCUT2D eigenvalue weighted by Crippen LogP contribution is -2.24. The summed E-state index contributed by atoms with van der Waals surface area (Å²) >= 11 is 5.86. The van der Waals surface area contributed by atoms with Crippen LogP contribution in [0.25, 0.3) is 10.9 Å².